The first-order valence-electron chi connectivity index (χ1n) is 11.4. The second-order valence-electron chi connectivity index (χ2n) is 8.92. The average molecular weight is 441 g/mol. The Bertz CT molecular complexity index is 1360. The number of anilines is 2. The summed E-state index contributed by atoms with van der Waals surface area (Å²) < 4.78 is 7.94. The van der Waals surface area contributed by atoms with Crippen molar-refractivity contribution in [2.75, 3.05) is 23.3 Å². The highest BCUT2D eigenvalue weighted by molar-refractivity contribution is 5.94. The minimum atomic E-state index is -0.0292. The molecule has 7 nitrogen and oxygen atoms in total. The summed E-state index contributed by atoms with van der Waals surface area (Å²) >= 11 is 0. The number of imidazole rings is 1. The summed E-state index contributed by atoms with van der Waals surface area (Å²) in [6.45, 7) is 10.0. The van der Waals surface area contributed by atoms with Crippen molar-refractivity contribution < 1.29 is 4.74 Å². The van der Waals surface area contributed by atoms with Crippen molar-refractivity contribution in [3.8, 4) is 6.07 Å². The predicted octanol–water partition coefficient (Wildman–Crippen LogP) is 4.85. The van der Waals surface area contributed by atoms with Gasteiger partial charge in [-0.1, -0.05) is 12.1 Å². The van der Waals surface area contributed by atoms with Crippen molar-refractivity contribution in [2.24, 2.45) is 0 Å². The Balaban J connectivity index is 1.59. The number of benzene rings is 2. The SMILES string of the molecule is Cc1c(C#N)cccc1C(C)Nc1nc2nccn2c2ccc(N3CC(C)OC(C)C3)cc12. The van der Waals surface area contributed by atoms with Crippen LogP contribution < -0.4 is 10.2 Å². The zero-order valence-electron chi connectivity index (χ0n) is 19.4. The number of hydrogen-bond acceptors (Lipinski definition) is 6. The van der Waals surface area contributed by atoms with E-state index in [0.29, 0.717) is 11.3 Å². The van der Waals surface area contributed by atoms with E-state index in [9.17, 15) is 5.26 Å². The lowest BCUT2D eigenvalue weighted by Gasteiger charge is -2.37. The first kappa shape index (κ1) is 21.2. The summed E-state index contributed by atoms with van der Waals surface area (Å²) in [4.78, 5) is 11.7. The van der Waals surface area contributed by atoms with Crippen LogP contribution in [-0.2, 0) is 4.74 Å². The highest BCUT2D eigenvalue weighted by Gasteiger charge is 2.23. The number of aromatic nitrogens is 3. The summed E-state index contributed by atoms with van der Waals surface area (Å²) in [5, 5.41) is 14.1. The van der Waals surface area contributed by atoms with Crippen LogP contribution in [0.1, 0.15) is 43.5 Å². The molecule has 3 unspecified atom stereocenters. The number of rotatable bonds is 4. The number of fused-ring (bicyclic) bond motifs is 3. The predicted molar refractivity (Wildman–Crippen MR) is 131 cm³/mol. The monoisotopic (exact) mass is 440 g/mol. The minimum Gasteiger partial charge on any atom is -0.372 e. The fourth-order valence-corrected chi connectivity index (χ4v) is 4.87. The highest BCUT2D eigenvalue weighted by atomic mass is 16.5. The molecule has 2 aromatic heterocycles. The van der Waals surface area contributed by atoms with Crippen LogP contribution in [0.25, 0.3) is 16.7 Å². The molecule has 1 N–H and O–H groups in total. The van der Waals surface area contributed by atoms with Gasteiger partial charge in [-0.05, 0) is 63.1 Å². The minimum absolute atomic E-state index is 0.0292. The standard InChI is InChI=1S/C26H28N6O/c1-16-14-31(15-17(2)33-16)21-8-9-24-23(12-21)25(30-26-28-10-11-32(24)26)29-19(4)22-7-5-6-20(13-27)18(22)3/h5-12,16-17,19H,14-15H2,1-4H3,(H,28,29,30). The van der Waals surface area contributed by atoms with E-state index < -0.39 is 0 Å². The molecule has 168 valence electrons. The molecule has 0 aliphatic carbocycles. The van der Waals surface area contributed by atoms with Crippen molar-refractivity contribution in [3.63, 3.8) is 0 Å². The molecule has 4 aromatic rings. The van der Waals surface area contributed by atoms with Crippen molar-refractivity contribution >= 4 is 28.2 Å². The van der Waals surface area contributed by atoms with Gasteiger partial charge in [-0.25, -0.2) is 4.98 Å². The van der Waals surface area contributed by atoms with Crippen molar-refractivity contribution in [1.29, 1.82) is 5.26 Å². The number of morpholine rings is 1. The Labute approximate surface area is 193 Å². The zero-order chi connectivity index (χ0) is 23.1. The van der Waals surface area contributed by atoms with Gasteiger partial charge in [-0.3, -0.25) is 4.40 Å². The molecule has 0 radical (unpaired) electrons. The van der Waals surface area contributed by atoms with Crippen molar-refractivity contribution in [3.05, 3.63) is 65.5 Å². The molecule has 0 amide bonds. The number of ether oxygens (including phenoxy) is 1. The molecule has 1 saturated heterocycles. The number of nitrogens with one attached hydrogen (secondary N) is 1. The molecule has 7 heteroatoms. The molecule has 2 aromatic carbocycles. The molecule has 1 aliphatic heterocycles. The van der Waals surface area contributed by atoms with E-state index in [2.05, 4.69) is 66.3 Å². The molecule has 1 aliphatic rings. The van der Waals surface area contributed by atoms with Crippen LogP contribution in [0.15, 0.2) is 48.8 Å². The normalized spacial score (nSPS) is 19.5. The molecule has 3 heterocycles. The molecule has 0 spiro atoms. The van der Waals surface area contributed by atoms with E-state index in [1.54, 1.807) is 6.20 Å². The van der Waals surface area contributed by atoms with Gasteiger partial charge in [-0.2, -0.15) is 10.2 Å². The lowest BCUT2D eigenvalue weighted by atomic mass is 9.98. The van der Waals surface area contributed by atoms with Crippen LogP contribution >= 0.6 is 0 Å². The molecule has 0 bridgehead atoms. The quantitative estimate of drug-likeness (QED) is 0.489. The summed E-state index contributed by atoms with van der Waals surface area (Å²) in [6.07, 6.45) is 4.09. The van der Waals surface area contributed by atoms with Crippen molar-refractivity contribution in [2.45, 2.75) is 45.9 Å². The van der Waals surface area contributed by atoms with Gasteiger partial charge < -0.3 is 15.0 Å². The maximum absolute atomic E-state index is 9.43. The summed E-state index contributed by atoms with van der Waals surface area (Å²) in [6, 6.07) is 14.6. The first-order chi connectivity index (χ1) is 15.9. The van der Waals surface area contributed by atoms with Crippen LogP contribution in [0, 0.1) is 18.3 Å². The van der Waals surface area contributed by atoms with Crippen LogP contribution in [0.3, 0.4) is 0 Å². The van der Waals surface area contributed by atoms with E-state index in [-0.39, 0.29) is 18.2 Å². The lowest BCUT2D eigenvalue weighted by Crippen LogP contribution is -2.45. The highest BCUT2D eigenvalue weighted by Crippen LogP contribution is 2.32. The largest absolute Gasteiger partial charge is 0.372 e. The van der Waals surface area contributed by atoms with E-state index in [1.807, 2.05) is 29.7 Å². The second-order valence-corrected chi connectivity index (χ2v) is 8.92. The maximum Gasteiger partial charge on any atom is 0.236 e. The third-order valence-electron chi connectivity index (χ3n) is 6.43. The molecule has 3 atom stereocenters. The summed E-state index contributed by atoms with van der Waals surface area (Å²) in [7, 11) is 0. The lowest BCUT2D eigenvalue weighted by molar-refractivity contribution is -0.00521. The Kier molecular flexibility index (Phi) is 5.39. The van der Waals surface area contributed by atoms with Gasteiger partial charge >= 0.3 is 0 Å². The van der Waals surface area contributed by atoms with Gasteiger partial charge in [0.15, 0.2) is 0 Å². The van der Waals surface area contributed by atoms with E-state index in [0.717, 1.165) is 46.6 Å². The molecular formula is C26H28N6O. The molecule has 1 fully saturated rings. The van der Waals surface area contributed by atoms with Gasteiger partial charge in [0.2, 0.25) is 5.78 Å². The van der Waals surface area contributed by atoms with Crippen LogP contribution in [0.2, 0.25) is 0 Å². The number of nitrogens with zero attached hydrogens (tertiary/aromatic N) is 5. The smallest absolute Gasteiger partial charge is 0.236 e. The Morgan fingerprint density at radius 1 is 1.18 bits per heavy atom. The molecule has 5 rings (SSSR count). The number of nitriles is 1. The van der Waals surface area contributed by atoms with Crippen LogP contribution in [-0.4, -0.2) is 39.7 Å². The zero-order valence-corrected chi connectivity index (χ0v) is 19.4. The third kappa shape index (κ3) is 3.87. The molecule has 0 saturated carbocycles. The fourth-order valence-electron chi connectivity index (χ4n) is 4.87. The maximum atomic E-state index is 9.43. The van der Waals surface area contributed by atoms with E-state index in [4.69, 9.17) is 9.72 Å². The van der Waals surface area contributed by atoms with Gasteiger partial charge in [0.05, 0.1) is 35.4 Å². The Hall–Kier alpha value is -3.63. The van der Waals surface area contributed by atoms with E-state index >= 15 is 0 Å². The second kappa shape index (κ2) is 8.38. The van der Waals surface area contributed by atoms with Gasteiger partial charge in [0, 0.05) is 36.6 Å². The Morgan fingerprint density at radius 2 is 1.97 bits per heavy atom. The average Bonchev–Trinajstić information content (AvgIpc) is 3.27. The van der Waals surface area contributed by atoms with E-state index in [1.165, 1.54) is 0 Å². The van der Waals surface area contributed by atoms with Crippen molar-refractivity contribution in [1.82, 2.24) is 14.4 Å². The third-order valence-corrected chi connectivity index (χ3v) is 6.43. The van der Waals surface area contributed by atoms with Crippen LogP contribution in [0.5, 0.6) is 0 Å². The molecular weight excluding hydrogens is 412 g/mol. The summed E-state index contributed by atoms with van der Waals surface area (Å²) in [5.74, 6) is 1.44. The van der Waals surface area contributed by atoms with Gasteiger partial charge in [0.25, 0.3) is 0 Å². The fraction of sp³-hybridized carbons (Fsp3) is 0.346. The first-order valence-corrected chi connectivity index (χ1v) is 11.4. The number of hydrogen-bond donors (Lipinski definition) is 1. The van der Waals surface area contributed by atoms with Gasteiger partial charge in [0.1, 0.15) is 5.82 Å². The Morgan fingerprint density at radius 3 is 2.73 bits per heavy atom. The summed E-state index contributed by atoms with van der Waals surface area (Å²) in [5.41, 5.74) is 4.97. The molecule has 33 heavy (non-hydrogen) atoms. The van der Waals surface area contributed by atoms with Gasteiger partial charge in [-0.15, -0.1) is 0 Å². The topological polar surface area (TPSA) is 78.5 Å². The van der Waals surface area contributed by atoms with Crippen LogP contribution in [0.4, 0.5) is 11.5 Å².